The second-order valence-corrected chi connectivity index (χ2v) is 6.64. The van der Waals surface area contributed by atoms with E-state index >= 15 is 0 Å². The van der Waals surface area contributed by atoms with Crippen molar-refractivity contribution in [3.63, 3.8) is 0 Å². The van der Waals surface area contributed by atoms with E-state index in [0.29, 0.717) is 5.92 Å². The molecule has 6 heteroatoms. The van der Waals surface area contributed by atoms with E-state index in [1.165, 1.54) is 12.1 Å². The number of rotatable bonds is 7. The molecule has 2 aromatic rings. The quantitative estimate of drug-likeness (QED) is 0.724. The van der Waals surface area contributed by atoms with E-state index < -0.39 is 0 Å². The first-order chi connectivity index (χ1) is 11.6. The number of halogens is 1. The second kappa shape index (κ2) is 7.77. The highest BCUT2D eigenvalue weighted by Crippen LogP contribution is 2.18. The molecule has 0 aliphatic carbocycles. The van der Waals surface area contributed by atoms with Gasteiger partial charge < -0.3 is 15.7 Å². The number of aromatic nitrogens is 2. The van der Waals surface area contributed by atoms with Crippen LogP contribution in [0.1, 0.15) is 11.3 Å². The van der Waals surface area contributed by atoms with Crippen molar-refractivity contribution in [2.24, 2.45) is 11.8 Å². The number of aliphatic hydroxyl groups excluding tert-OH is 1. The molecule has 1 aromatic carbocycles. The lowest BCUT2D eigenvalue weighted by atomic mass is 9.99. The molecule has 2 heterocycles. The van der Waals surface area contributed by atoms with Crippen LogP contribution in [0.15, 0.2) is 30.3 Å². The molecule has 0 saturated heterocycles. The Morgan fingerprint density at radius 2 is 2.21 bits per heavy atom. The van der Waals surface area contributed by atoms with Gasteiger partial charge in [-0.2, -0.15) is 5.10 Å². The SMILES string of the molecule is Cc1cc2n(n1)C[C@@H](CNC[C@@H](CO)Cc1ccc(F)cc1)CN2. The highest BCUT2D eigenvalue weighted by Gasteiger charge is 2.19. The maximum Gasteiger partial charge on any atom is 0.124 e. The second-order valence-electron chi connectivity index (χ2n) is 6.64. The Labute approximate surface area is 141 Å². The van der Waals surface area contributed by atoms with E-state index in [9.17, 15) is 9.50 Å². The average molecular weight is 332 g/mol. The molecule has 130 valence electrons. The van der Waals surface area contributed by atoms with Gasteiger partial charge in [-0.3, -0.25) is 0 Å². The minimum atomic E-state index is -0.226. The summed E-state index contributed by atoms with van der Waals surface area (Å²) in [5, 5.41) is 20.9. The fourth-order valence-corrected chi connectivity index (χ4v) is 3.17. The number of benzene rings is 1. The summed E-state index contributed by atoms with van der Waals surface area (Å²) in [7, 11) is 0. The maximum absolute atomic E-state index is 12.9. The summed E-state index contributed by atoms with van der Waals surface area (Å²) in [6.07, 6.45) is 0.745. The predicted molar refractivity (Wildman–Crippen MR) is 92.5 cm³/mol. The summed E-state index contributed by atoms with van der Waals surface area (Å²) in [4.78, 5) is 0. The van der Waals surface area contributed by atoms with E-state index in [1.54, 1.807) is 12.1 Å². The van der Waals surface area contributed by atoms with Crippen molar-refractivity contribution in [1.29, 1.82) is 0 Å². The zero-order valence-electron chi connectivity index (χ0n) is 14.0. The molecule has 2 atom stereocenters. The fourth-order valence-electron chi connectivity index (χ4n) is 3.17. The van der Waals surface area contributed by atoms with Crippen molar-refractivity contribution >= 4 is 5.82 Å². The highest BCUT2D eigenvalue weighted by molar-refractivity contribution is 5.38. The van der Waals surface area contributed by atoms with Crippen molar-refractivity contribution in [2.75, 3.05) is 31.6 Å². The van der Waals surface area contributed by atoms with Crippen LogP contribution in [0, 0.1) is 24.6 Å². The van der Waals surface area contributed by atoms with Gasteiger partial charge in [0.2, 0.25) is 0 Å². The van der Waals surface area contributed by atoms with Crippen LogP contribution in [0.5, 0.6) is 0 Å². The van der Waals surface area contributed by atoms with Gasteiger partial charge >= 0.3 is 0 Å². The molecule has 0 radical (unpaired) electrons. The third-order valence-electron chi connectivity index (χ3n) is 4.47. The lowest BCUT2D eigenvalue weighted by Crippen LogP contribution is -2.37. The smallest absolute Gasteiger partial charge is 0.124 e. The van der Waals surface area contributed by atoms with Gasteiger partial charge in [0.15, 0.2) is 0 Å². The Morgan fingerprint density at radius 3 is 2.96 bits per heavy atom. The van der Waals surface area contributed by atoms with E-state index in [4.69, 9.17) is 0 Å². The first-order valence-corrected chi connectivity index (χ1v) is 8.48. The van der Waals surface area contributed by atoms with E-state index in [0.717, 1.165) is 49.7 Å². The number of fused-ring (bicyclic) bond motifs is 1. The zero-order chi connectivity index (χ0) is 16.9. The van der Waals surface area contributed by atoms with Crippen LogP contribution in [0.2, 0.25) is 0 Å². The summed E-state index contributed by atoms with van der Waals surface area (Å²) in [6, 6.07) is 8.56. The largest absolute Gasteiger partial charge is 0.396 e. The van der Waals surface area contributed by atoms with Crippen LogP contribution in [-0.2, 0) is 13.0 Å². The number of aryl methyl sites for hydroxylation is 1. The number of hydrogen-bond donors (Lipinski definition) is 3. The normalized spacial score (nSPS) is 18.0. The van der Waals surface area contributed by atoms with Crippen LogP contribution >= 0.6 is 0 Å². The molecular weight excluding hydrogens is 307 g/mol. The summed E-state index contributed by atoms with van der Waals surface area (Å²) in [5.74, 6) is 1.47. The Bertz CT molecular complexity index is 656. The number of nitrogens with one attached hydrogen (secondary N) is 2. The van der Waals surface area contributed by atoms with Gasteiger partial charge in [0.1, 0.15) is 11.6 Å². The van der Waals surface area contributed by atoms with Crippen LogP contribution in [0.4, 0.5) is 10.2 Å². The lowest BCUT2D eigenvalue weighted by Gasteiger charge is -2.26. The molecule has 0 saturated carbocycles. The molecule has 1 aliphatic rings. The van der Waals surface area contributed by atoms with Gasteiger partial charge in [-0.05, 0) is 37.0 Å². The molecule has 3 N–H and O–H groups in total. The fraction of sp³-hybridized carbons (Fsp3) is 0.500. The Hall–Kier alpha value is -1.92. The Balaban J connectivity index is 1.44. The Kier molecular flexibility index (Phi) is 5.48. The molecule has 3 rings (SSSR count). The van der Waals surface area contributed by atoms with Crippen molar-refractivity contribution in [1.82, 2.24) is 15.1 Å². The van der Waals surface area contributed by atoms with Crippen molar-refractivity contribution < 1.29 is 9.50 Å². The highest BCUT2D eigenvalue weighted by atomic mass is 19.1. The van der Waals surface area contributed by atoms with Crippen LogP contribution < -0.4 is 10.6 Å². The van der Waals surface area contributed by atoms with Crippen LogP contribution in [0.3, 0.4) is 0 Å². The van der Waals surface area contributed by atoms with Gasteiger partial charge in [-0.25, -0.2) is 9.07 Å². The van der Waals surface area contributed by atoms with Crippen molar-refractivity contribution in [3.8, 4) is 0 Å². The van der Waals surface area contributed by atoms with Gasteiger partial charge in [0.25, 0.3) is 0 Å². The molecular formula is C18H25FN4O. The molecule has 0 bridgehead atoms. The van der Waals surface area contributed by atoms with E-state index in [-0.39, 0.29) is 18.3 Å². The molecule has 0 unspecified atom stereocenters. The predicted octanol–water partition coefficient (Wildman–Crippen LogP) is 1.81. The minimum Gasteiger partial charge on any atom is -0.396 e. The molecule has 1 aromatic heterocycles. The maximum atomic E-state index is 12.9. The average Bonchev–Trinajstić information content (AvgIpc) is 2.95. The number of hydrogen-bond acceptors (Lipinski definition) is 4. The summed E-state index contributed by atoms with van der Waals surface area (Å²) >= 11 is 0. The monoisotopic (exact) mass is 332 g/mol. The third-order valence-corrected chi connectivity index (χ3v) is 4.47. The van der Waals surface area contributed by atoms with E-state index in [2.05, 4.69) is 21.8 Å². The van der Waals surface area contributed by atoms with Crippen LogP contribution in [0.25, 0.3) is 0 Å². The molecule has 5 nitrogen and oxygen atoms in total. The lowest BCUT2D eigenvalue weighted by molar-refractivity contribution is 0.219. The van der Waals surface area contributed by atoms with Crippen molar-refractivity contribution in [3.05, 3.63) is 47.4 Å². The first-order valence-electron chi connectivity index (χ1n) is 8.48. The van der Waals surface area contributed by atoms with E-state index in [1.807, 2.05) is 11.6 Å². The molecule has 0 spiro atoms. The van der Waals surface area contributed by atoms with Gasteiger partial charge in [0.05, 0.1) is 5.69 Å². The number of nitrogens with zero attached hydrogens (tertiary/aromatic N) is 2. The van der Waals surface area contributed by atoms with Crippen LogP contribution in [-0.4, -0.2) is 41.1 Å². The zero-order valence-corrected chi connectivity index (χ0v) is 14.0. The van der Waals surface area contributed by atoms with Gasteiger partial charge in [-0.1, -0.05) is 12.1 Å². The molecule has 0 amide bonds. The summed E-state index contributed by atoms with van der Waals surface area (Å²) in [6.45, 7) is 5.59. The number of aliphatic hydroxyl groups is 1. The molecule has 1 aliphatic heterocycles. The summed E-state index contributed by atoms with van der Waals surface area (Å²) in [5.41, 5.74) is 2.08. The Morgan fingerprint density at radius 1 is 1.42 bits per heavy atom. The first kappa shape index (κ1) is 16.9. The standard InChI is InChI=1S/C18H25FN4O/c1-13-6-18-21-10-16(11-23(18)22-13)9-20-8-15(12-24)7-14-2-4-17(19)5-3-14/h2-6,15-16,20-21,24H,7-12H2,1H3/t15-,16-/m0/s1. The third kappa shape index (κ3) is 4.33. The van der Waals surface area contributed by atoms with Gasteiger partial charge in [-0.15, -0.1) is 0 Å². The van der Waals surface area contributed by atoms with Gasteiger partial charge in [0, 0.05) is 44.8 Å². The number of anilines is 1. The molecule has 24 heavy (non-hydrogen) atoms. The minimum absolute atomic E-state index is 0.121. The van der Waals surface area contributed by atoms with Crippen molar-refractivity contribution in [2.45, 2.75) is 19.9 Å². The summed E-state index contributed by atoms with van der Waals surface area (Å²) < 4.78 is 15.0. The topological polar surface area (TPSA) is 62.1 Å². The molecule has 0 fully saturated rings.